The average molecular weight is 791 g/mol. The van der Waals surface area contributed by atoms with Crippen LogP contribution in [0.2, 0.25) is 0 Å². The number of hydrogen-bond acceptors (Lipinski definition) is 2. The first-order chi connectivity index (χ1) is 27.7. The van der Waals surface area contributed by atoms with E-state index in [4.69, 9.17) is 0 Å². The van der Waals surface area contributed by atoms with Crippen LogP contribution in [0.3, 0.4) is 0 Å². The van der Waals surface area contributed by atoms with Gasteiger partial charge in [-0.2, -0.15) is 0 Å². The SMILES string of the molecule is CC(=CCCC(C)=CCCC(C)=CCC[C@H](C)CCC[C@H](C)CCCC(C)=CCC1=C(C)C(=O)c2ccccc2C1=O)CCC=C(C)CCC=C(C)CCCC(C)C. The monoisotopic (exact) mass is 791 g/mol. The summed E-state index contributed by atoms with van der Waals surface area (Å²) >= 11 is 0. The third-order valence-electron chi connectivity index (χ3n) is 12.4. The first-order valence-corrected chi connectivity index (χ1v) is 23.5. The normalized spacial score (nSPS) is 16.1. The van der Waals surface area contributed by atoms with Gasteiger partial charge in [0, 0.05) is 22.3 Å². The predicted octanol–water partition coefficient (Wildman–Crippen LogP) is 17.8. The fourth-order valence-corrected chi connectivity index (χ4v) is 8.11. The smallest absolute Gasteiger partial charge is 0.190 e. The largest absolute Gasteiger partial charge is 0.289 e. The lowest BCUT2D eigenvalue weighted by Gasteiger charge is -2.18. The molecule has 0 saturated carbocycles. The Balaban J connectivity index is 1.54. The van der Waals surface area contributed by atoms with Crippen molar-refractivity contribution in [3.63, 3.8) is 0 Å². The highest BCUT2D eigenvalue weighted by atomic mass is 16.1. The zero-order valence-electron chi connectivity index (χ0n) is 39.5. The summed E-state index contributed by atoms with van der Waals surface area (Å²) in [6.45, 7) is 25.0. The van der Waals surface area contributed by atoms with Crippen molar-refractivity contribution in [3.8, 4) is 0 Å². The number of benzene rings is 1. The minimum absolute atomic E-state index is 0.00836. The number of carbonyl (C=O) groups is 2. The fourth-order valence-electron chi connectivity index (χ4n) is 8.11. The zero-order valence-corrected chi connectivity index (χ0v) is 39.5. The van der Waals surface area contributed by atoms with Gasteiger partial charge < -0.3 is 0 Å². The lowest BCUT2D eigenvalue weighted by molar-refractivity contribution is 0.0973. The molecule has 0 heterocycles. The Morgan fingerprint density at radius 3 is 1.33 bits per heavy atom. The molecule has 2 heteroatoms. The maximum absolute atomic E-state index is 13.1. The van der Waals surface area contributed by atoms with Crippen molar-refractivity contribution in [1.82, 2.24) is 0 Å². The van der Waals surface area contributed by atoms with E-state index in [2.05, 4.69) is 106 Å². The van der Waals surface area contributed by atoms with Gasteiger partial charge in [-0.15, -0.1) is 0 Å². The highest BCUT2D eigenvalue weighted by molar-refractivity contribution is 6.26. The summed E-state index contributed by atoms with van der Waals surface area (Å²) < 4.78 is 0. The van der Waals surface area contributed by atoms with Crippen molar-refractivity contribution in [2.75, 3.05) is 0 Å². The molecule has 0 radical (unpaired) electrons. The van der Waals surface area contributed by atoms with Crippen molar-refractivity contribution in [1.29, 1.82) is 0 Å². The van der Waals surface area contributed by atoms with Crippen LogP contribution < -0.4 is 0 Å². The molecule has 0 saturated heterocycles. The highest BCUT2D eigenvalue weighted by Gasteiger charge is 2.28. The second-order valence-electron chi connectivity index (χ2n) is 18.9. The molecule has 0 bridgehead atoms. The van der Waals surface area contributed by atoms with Gasteiger partial charge in [-0.05, 0) is 163 Å². The van der Waals surface area contributed by atoms with Gasteiger partial charge in [0.25, 0.3) is 0 Å². The molecule has 0 N–H and O–H groups in total. The average Bonchev–Trinajstić information content (AvgIpc) is 3.17. The molecule has 0 aliphatic heterocycles. The molecule has 1 aromatic rings. The van der Waals surface area contributed by atoms with E-state index in [1.807, 2.05) is 12.1 Å². The van der Waals surface area contributed by atoms with Crippen LogP contribution in [0.4, 0.5) is 0 Å². The maximum atomic E-state index is 13.1. The molecule has 2 nitrogen and oxygen atoms in total. The van der Waals surface area contributed by atoms with Crippen molar-refractivity contribution < 1.29 is 9.59 Å². The first-order valence-electron chi connectivity index (χ1n) is 23.5. The summed E-state index contributed by atoms with van der Waals surface area (Å²) in [6.07, 6.45) is 38.3. The maximum Gasteiger partial charge on any atom is 0.190 e. The standard InChI is InChI=1S/C56H86O2/c1-42(2)22-14-23-43(3)24-15-25-44(4)26-16-27-45(5)28-17-29-46(6)30-18-31-47(7)32-19-33-48(8)34-20-35-49(9)36-21-37-50(10)40-41-52-51(11)55(57)53-38-12-13-39-54(53)56(52)58/h12-13,24,26,28,30,32,38-40,42,48-49H,14-23,25,27,29,31,33-37,41H2,1-11H3/t48-,49-/m0/s1. The lowest BCUT2D eigenvalue weighted by Crippen LogP contribution is -2.20. The number of ketones is 2. The van der Waals surface area contributed by atoms with Gasteiger partial charge in [-0.25, -0.2) is 0 Å². The van der Waals surface area contributed by atoms with E-state index >= 15 is 0 Å². The third-order valence-corrected chi connectivity index (χ3v) is 12.4. The number of Topliss-reactive ketones (excluding diaryl/α,β-unsaturated/α-hetero) is 2. The van der Waals surface area contributed by atoms with Crippen molar-refractivity contribution in [2.45, 2.75) is 205 Å². The van der Waals surface area contributed by atoms with Crippen molar-refractivity contribution in [2.24, 2.45) is 17.8 Å². The Labute approximate surface area is 358 Å². The topological polar surface area (TPSA) is 34.1 Å². The Hall–Kier alpha value is -3.26. The summed E-state index contributed by atoms with van der Waals surface area (Å²) in [5.74, 6) is 2.34. The van der Waals surface area contributed by atoms with Gasteiger partial charge in [-0.1, -0.05) is 154 Å². The van der Waals surface area contributed by atoms with Gasteiger partial charge in [0.15, 0.2) is 11.6 Å². The zero-order chi connectivity index (χ0) is 42.9. The predicted molar refractivity (Wildman–Crippen MR) is 256 cm³/mol. The molecule has 1 aliphatic carbocycles. The van der Waals surface area contributed by atoms with E-state index in [1.165, 1.54) is 124 Å². The molecule has 0 unspecified atom stereocenters. The Bertz CT molecular complexity index is 1630. The summed E-state index contributed by atoms with van der Waals surface area (Å²) in [5, 5.41) is 0. The molecule has 1 aromatic carbocycles. The molecule has 2 rings (SSSR count). The Morgan fingerprint density at radius 1 is 0.466 bits per heavy atom. The van der Waals surface area contributed by atoms with Gasteiger partial charge in [0.2, 0.25) is 0 Å². The number of carbonyl (C=O) groups excluding carboxylic acids is 2. The molecular formula is C56H86O2. The number of rotatable bonds is 29. The van der Waals surface area contributed by atoms with Crippen LogP contribution in [0.1, 0.15) is 225 Å². The summed E-state index contributed by atoms with van der Waals surface area (Å²) in [5.41, 5.74) is 11.4. The van der Waals surface area contributed by atoms with Crippen molar-refractivity contribution in [3.05, 3.63) is 116 Å². The quantitative estimate of drug-likeness (QED) is 0.0758. The van der Waals surface area contributed by atoms with Crippen LogP contribution >= 0.6 is 0 Å². The number of fused-ring (bicyclic) bond motifs is 1. The Morgan fingerprint density at radius 2 is 0.845 bits per heavy atom. The first kappa shape index (κ1) is 50.9. The molecular weight excluding hydrogens is 705 g/mol. The minimum Gasteiger partial charge on any atom is -0.289 e. The fraction of sp³-hybridized carbons (Fsp3) is 0.607. The molecule has 0 fully saturated rings. The Kier molecular flexibility index (Phi) is 25.5. The van der Waals surface area contributed by atoms with E-state index < -0.39 is 0 Å². The van der Waals surface area contributed by atoms with Crippen LogP contribution in [-0.4, -0.2) is 11.6 Å². The molecule has 2 atom stereocenters. The van der Waals surface area contributed by atoms with Gasteiger partial charge in [0.05, 0.1) is 0 Å². The van der Waals surface area contributed by atoms with Gasteiger partial charge in [0.1, 0.15) is 0 Å². The van der Waals surface area contributed by atoms with Crippen LogP contribution in [0.25, 0.3) is 0 Å². The van der Waals surface area contributed by atoms with Crippen LogP contribution in [-0.2, 0) is 0 Å². The molecule has 322 valence electrons. The molecule has 0 aromatic heterocycles. The molecule has 58 heavy (non-hydrogen) atoms. The number of hydrogen-bond donors (Lipinski definition) is 0. The number of allylic oxidation sites excluding steroid dienone is 14. The summed E-state index contributed by atoms with van der Waals surface area (Å²) in [7, 11) is 0. The second-order valence-corrected chi connectivity index (χ2v) is 18.9. The van der Waals surface area contributed by atoms with E-state index in [1.54, 1.807) is 24.6 Å². The van der Waals surface area contributed by atoms with E-state index in [-0.39, 0.29) is 11.6 Å². The van der Waals surface area contributed by atoms with Crippen molar-refractivity contribution >= 4 is 11.6 Å². The van der Waals surface area contributed by atoms with E-state index in [9.17, 15) is 9.59 Å². The van der Waals surface area contributed by atoms with Gasteiger partial charge >= 0.3 is 0 Å². The highest BCUT2D eigenvalue weighted by Crippen LogP contribution is 2.29. The molecule has 0 spiro atoms. The van der Waals surface area contributed by atoms with E-state index in [0.717, 1.165) is 43.4 Å². The van der Waals surface area contributed by atoms with E-state index in [0.29, 0.717) is 28.7 Å². The molecule has 0 amide bonds. The van der Waals surface area contributed by atoms with Crippen LogP contribution in [0, 0.1) is 17.8 Å². The lowest BCUT2D eigenvalue weighted by atomic mass is 9.83. The van der Waals surface area contributed by atoms with Gasteiger partial charge in [-0.3, -0.25) is 9.59 Å². The summed E-state index contributed by atoms with van der Waals surface area (Å²) in [6, 6.07) is 7.20. The van der Waals surface area contributed by atoms with Crippen LogP contribution in [0.5, 0.6) is 0 Å². The third kappa shape index (κ3) is 21.7. The minimum atomic E-state index is -0.00836. The van der Waals surface area contributed by atoms with Crippen LogP contribution in [0.15, 0.2) is 105 Å². The summed E-state index contributed by atoms with van der Waals surface area (Å²) in [4.78, 5) is 25.8. The molecule has 1 aliphatic rings. The second kappa shape index (κ2) is 29.0.